The summed E-state index contributed by atoms with van der Waals surface area (Å²) in [4.78, 5) is 15.8. The van der Waals surface area contributed by atoms with Crippen LogP contribution < -0.4 is 9.80 Å². The van der Waals surface area contributed by atoms with Gasteiger partial charge in [0.15, 0.2) is 0 Å². The molecule has 1 fully saturated rings. The number of amides is 1. The van der Waals surface area contributed by atoms with E-state index in [1.54, 1.807) is 10.9 Å². The fourth-order valence-electron chi connectivity index (χ4n) is 3.28. The van der Waals surface area contributed by atoms with Gasteiger partial charge in [0, 0.05) is 44.6 Å². The lowest BCUT2D eigenvalue weighted by molar-refractivity contribution is -0.117. The highest BCUT2D eigenvalue weighted by Crippen LogP contribution is 2.23. The van der Waals surface area contributed by atoms with Crippen LogP contribution in [0, 0.1) is 0 Å². The standard InChI is InChI=1S/C18H22N8O/c1-23(11-12-24-9-4-8-19-24)18-20-21-22-26(18)14-15-5-2-6-16(13-15)25-10-3-7-17(25)27/h2,4-6,8-9,13H,3,7,10-12,14H2,1H3. The predicted molar refractivity (Wildman–Crippen MR) is 100 cm³/mol. The first-order chi connectivity index (χ1) is 13.2. The summed E-state index contributed by atoms with van der Waals surface area (Å²) in [6.45, 7) is 2.83. The molecule has 0 radical (unpaired) electrons. The van der Waals surface area contributed by atoms with Gasteiger partial charge in [-0.3, -0.25) is 9.48 Å². The Balaban J connectivity index is 1.46. The van der Waals surface area contributed by atoms with Crippen molar-refractivity contribution in [2.45, 2.75) is 25.9 Å². The second-order valence-electron chi connectivity index (χ2n) is 6.65. The molecule has 4 rings (SSSR count). The molecular formula is C18H22N8O. The summed E-state index contributed by atoms with van der Waals surface area (Å²) in [6.07, 6.45) is 5.24. The number of carbonyl (C=O) groups excluding carboxylic acids is 1. The first-order valence-corrected chi connectivity index (χ1v) is 9.05. The Hall–Kier alpha value is -3.23. The Morgan fingerprint density at radius 2 is 2.19 bits per heavy atom. The average Bonchev–Trinajstić information content (AvgIpc) is 3.42. The van der Waals surface area contributed by atoms with Gasteiger partial charge in [0.1, 0.15) is 0 Å². The van der Waals surface area contributed by atoms with Crippen molar-refractivity contribution in [2.75, 3.05) is 29.9 Å². The number of aromatic nitrogens is 6. The lowest BCUT2D eigenvalue weighted by Gasteiger charge is -2.19. The van der Waals surface area contributed by atoms with Crippen LogP contribution in [0.4, 0.5) is 11.6 Å². The number of hydrogen-bond acceptors (Lipinski definition) is 6. The van der Waals surface area contributed by atoms with Crippen molar-refractivity contribution in [3.8, 4) is 0 Å². The Labute approximate surface area is 157 Å². The van der Waals surface area contributed by atoms with Gasteiger partial charge in [0.25, 0.3) is 0 Å². The minimum atomic E-state index is 0.189. The molecule has 27 heavy (non-hydrogen) atoms. The average molecular weight is 366 g/mol. The van der Waals surface area contributed by atoms with Crippen LogP contribution in [0.5, 0.6) is 0 Å². The molecule has 1 amide bonds. The van der Waals surface area contributed by atoms with Crippen molar-refractivity contribution < 1.29 is 4.79 Å². The van der Waals surface area contributed by atoms with E-state index < -0.39 is 0 Å². The van der Waals surface area contributed by atoms with E-state index in [1.165, 1.54) is 0 Å². The van der Waals surface area contributed by atoms with Crippen molar-refractivity contribution in [1.29, 1.82) is 0 Å². The number of tetrazole rings is 1. The summed E-state index contributed by atoms with van der Waals surface area (Å²) >= 11 is 0. The summed E-state index contributed by atoms with van der Waals surface area (Å²) in [5.74, 6) is 0.887. The number of likely N-dealkylation sites (N-methyl/N-ethyl adjacent to an activating group) is 1. The zero-order valence-corrected chi connectivity index (χ0v) is 15.3. The summed E-state index contributed by atoms with van der Waals surface area (Å²) in [7, 11) is 1.96. The fraction of sp³-hybridized carbons (Fsp3) is 0.389. The molecule has 1 saturated heterocycles. The number of hydrogen-bond donors (Lipinski definition) is 0. The minimum absolute atomic E-state index is 0.189. The highest BCUT2D eigenvalue weighted by Gasteiger charge is 2.22. The zero-order valence-electron chi connectivity index (χ0n) is 15.3. The summed E-state index contributed by atoms with van der Waals surface area (Å²) in [5.41, 5.74) is 2.00. The number of rotatable bonds is 7. The third-order valence-corrected chi connectivity index (χ3v) is 4.71. The largest absolute Gasteiger partial charge is 0.341 e. The van der Waals surface area contributed by atoms with Crippen LogP contribution in [0.15, 0.2) is 42.7 Å². The van der Waals surface area contributed by atoms with E-state index in [9.17, 15) is 4.79 Å². The number of benzene rings is 1. The van der Waals surface area contributed by atoms with E-state index in [4.69, 9.17) is 0 Å². The van der Waals surface area contributed by atoms with Crippen LogP contribution >= 0.6 is 0 Å². The van der Waals surface area contributed by atoms with Gasteiger partial charge in [-0.15, -0.1) is 0 Å². The van der Waals surface area contributed by atoms with E-state index in [1.807, 2.05) is 58.1 Å². The van der Waals surface area contributed by atoms with Gasteiger partial charge in [-0.25, -0.2) is 4.68 Å². The molecule has 0 aliphatic carbocycles. The molecule has 3 heterocycles. The maximum Gasteiger partial charge on any atom is 0.245 e. The second kappa shape index (κ2) is 7.56. The van der Waals surface area contributed by atoms with Crippen molar-refractivity contribution in [2.24, 2.45) is 0 Å². The molecule has 3 aromatic rings. The smallest absolute Gasteiger partial charge is 0.245 e. The van der Waals surface area contributed by atoms with E-state index in [0.717, 1.165) is 37.3 Å². The zero-order chi connectivity index (χ0) is 18.6. The van der Waals surface area contributed by atoms with E-state index in [0.29, 0.717) is 18.9 Å². The third-order valence-electron chi connectivity index (χ3n) is 4.71. The van der Waals surface area contributed by atoms with Gasteiger partial charge >= 0.3 is 0 Å². The Morgan fingerprint density at radius 1 is 1.26 bits per heavy atom. The molecule has 0 atom stereocenters. The number of anilines is 2. The van der Waals surface area contributed by atoms with Crippen LogP contribution in [0.3, 0.4) is 0 Å². The summed E-state index contributed by atoms with van der Waals surface area (Å²) in [6, 6.07) is 9.92. The van der Waals surface area contributed by atoms with Crippen molar-refractivity contribution >= 4 is 17.5 Å². The molecule has 2 aromatic heterocycles. The van der Waals surface area contributed by atoms with Crippen molar-refractivity contribution in [3.05, 3.63) is 48.3 Å². The van der Waals surface area contributed by atoms with Crippen LogP contribution in [-0.4, -0.2) is 56.0 Å². The monoisotopic (exact) mass is 366 g/mol. The van der Waals surface area contributed by atoms with Gasteiger partial charge in [-0.05, 0) is 40.6 Å². The van der Waals surface area contributed by atoms with Gasteiger partial charge in [0.2, 0.25) is 11.9 Å². The first kappa shape index (κ1) is 17.2. The van der Waals surface area contributed by atoms with Crippen molar-refractivity contribution in [1.82, 2.24) is 30.0 Å². The molecule has 0 bridgehead atoms. The third kappa shape index (κ3) is 3.81. The molecule has 0 N–H and O–H groups in total. The maximum atomic E-state index is 12.0. The number of nitrogens with zero attached hydrogens (tertiary/aromatic N) is 8. The van der Waals surface area contributed by atoms with E-state index in [-0.39, 0.29) is 5.91 Å². The summed E-state index contributed by atoms with van der Waals surface area (Å²) in [5, 5.41) is 16.3. The molecular weight excluding hydrogens is 344 g/mol. The first-order valence-electron chi connectivity index (χ1n) is 9.05. The molecule has 140 valence electrons. The Morgan fingerprint density at radius 3 is 2.96 bits per heavy atom. The maximum absolute atomic E-state index is 12.0. The predicted octanol–water partition coefficient (Wildman–Crippen LogP) is 1.18. The van der Waals surface area contributed by atoms with E-state index in [2.05, 4.69) is 20.6 Å². The lowest BCUT2D eigenvalue weighted by Crippen LogP contribution is -2.26. The lowest BCUT2D eigenvalue weighted by atomic mass is 10.2. The van der Waals surface area contributed by atoms with Crippen LogP contribution in [0.1, 0.15) is 18.4 Å². The van der Waals surface area contributed by atoms with Gasteiger partial charge < -0.3 is 9.80 Å². The summed E-state index contributed by atoms with van der Waals surface area (Å²) < 4.78 is 3.65. The molecule has 1 aromatic carbocycles. The fourth-order valence-corrected chi connectivity index (χ4v) is 3.28. The SMILES string of the molecule is CN(CCn1cccn1)c1nnnn1Cc1cccc(N2CCCC2=O)c1. The van der Waals surface area contributed by atoms with Crippen LogP contribution in [0.2, 0.25) is 0 Å². The highest BCUT2D eigenvalue weighted by molar-refractivity contribution is 5.95. The van der Waals surface area contributed by atoms with Gasteiger partial charge in [-0.2, -0.15) is 5.10 Å². The second-order valence-corrected chi connectivity index (χ2v) is 6.65. The molecule has 0 spiro atoms. The topological polar surface area (TPSA) is 85.0 Å². The molecule has 1 aliphatic heterocycles. The quantitative estimate of drug-likeness (QED) is 0.624. The van der Waals surface area contributed by atoms with Crippen LogP contribution in [-0.2, 0) is 17.9 Å². The van der Waals surface area contributed by atoms with Gasteiger partial charge in [0.05, 0.1) is 13.1 Å². The van der Waals surface area contributed by atoms with Crippen molar-refractivity contribution in [3.63, 3.8) is 0 Å². The molecule has 1 aliphatic rings. The molecule has 0 unspecified atom stereocenters. The molecule has 9 nitrogen and oxygen atoms in total. The normalized spacial score (nSPS) is 14.1. The molecule has 0 saturated carbocycles. The number of carbonyl (C=O) groups is 1. The van der Waals surface area contributed by atoms with Crippen LogP contribution in [0.25, 0.3) is 0 Å². The van der Waals surface area contributed by atoms with Gasteiger partial charge in [-0.1, -0.05) is 17.2 Å². The highest BCUT2D eigenvalue weighted by atomic mass is 16.2. The Bertz CT molecular complexity index is 904. The van der Waals surface area contributed by atoms with E-state index >= 15 is 0 Å². The molecule has 9 heteroatoms. The minimum Gasteiger partial charge on any atom is -0.341 e. The Kier molecular flexibility index (Phi) is 4.82.